The molecule has 0 aliphatic carbocycles. The molecule has 1 fully saturated rings. The zero-order valence-electron chi connectivity index (χ0n) is 51.3. The van der Waals surface area contributed by atoms with Gasteiger partial charge in [0.05, 0.1) is 6.61 Å². The molecule has 0 amide bonds. The molecule has 1 saturated heterocycles. The minimum Gasteiger partial charge on any atom is -0.479 e. The van der Waals surface area contributed by atoms with E-state index in [0.717, 1.165) is 103 Å². The molecule has 6 atom stereocenters. The van der Waals surface area contributed by atoms with Crippen molar-refractivity contribution in [3.8, 4) is 0 Å². The Kier molecular flexibility index (Phi) is 52.1. The number of aliphatic carboxylic acids is 1. The molecular weight excluding hydrogens is 1020 g/mol. The maximum Gasteiger partial charge on any atom is 0.335 e. The molecule has 1 heterocycles. The summed E-state index contributed by atoms with van der Waals surface area (Å²) in [6, 6.07) is 0. The Morgan fingerprint density at radius 3 is 1.23 bits per heavy atom. The maximum atomic E-state index is 13.2. The summed E-state index contributed by atoms with van der Waals surface area (Å²) in [4.78, 5) is 51.3. The van der Waals surface area contributed by atoms with E-state index in [4.69, 9.17) is 23.7 Å². The van der Waals surface area contributed by atoms with Crippen LogP contribution in [0, 0.1) is 0 Å². The monoisotopic (exact) mass is 1140 g/mol. The molecule has 0 aromatic heterocycles. The quantitative estimate of drug-likeness (QED) is 0.0228. The number of carboxylic acids is 1. The summed E-state index contributed by atoms with van der Waals surface area (Å²) >= 11 is 0. The van der Waals surface area contributed by atoms with Gasteiger partial charge in [-0.05, 0) is 109 Å². The average molecular weight is 1140 g/mol. The molecule has 464 valence electrons. The lowest BCUT2D eigenvalue weighted by Crippen LogP contribution is -2.61. The summed E-state index contributed by atoms with van der Waals surface area (Å²) in [6.45, 7) is 5.84. The van der Waals surface area contributed by atoms with E-state index in [2.05, 4.69) is 99.8 Å². The molecule has 0 aromatic rings. The molecular formula is C69H116O12. The first-order valence-corrected chi connectivity index (χ1v) is 32.6. The fraction of sp³-hybridized carbons (Fsp3) is 0.739. The van der Waals surface area contributed by atoms with Gasteiger partial charge in [-0.3, -0.25) is 14.4 Å². The van der Waals surface area contributed by atoms with Crippen molar-refractivity contribution in [3.63, 3.8) is 0 Å². The molecule has 3 N–H and O–H groups in total. The molecule has 6 unspecified atom stereocenters. The largest absolute Gasteiger partial charge is 0.479 e. The normalized spacial score (nSPS) is 18.3. The van der Waals surface area contributed by atoms with Crippen LogP contribution in [-0.4, -0.2) is 89.2 Å². The number of unbranched alkanes of at least 4 members (excludes halogenated alkanes) is 27. The zero-order chi connectivity index (χ0) is 58.9. The number of hydrogen-bond acceptors (Lipinski definition) is 11. The van der Waals surface area contributed by atoms with Crippen LogP contribution in [0.15, 0.2) is 85.1 Å². The van der Waals surface area contributed by atoms with Crippen LogP contribution in [-0.2, 0) is 42.9 Å². The highest BCUT2D eigenvalue weighted by Crippen LogP contribution is 2.26. The lowest BCUT2D eigenvalue weighted by Gasteiger charge is -2.40. The molecule has 12 heteroatoms. The van der Waals surface area contributed by atoms with E-state index in [0.29, 0.717) is 25.7 Å². The number of carboxylic acid groups (broad SMARTS) is 1. The van der Waals surface area contributed by atoms with Crippen molar-refractivity contribution in [1.82, 2.24) is 0 Å². The first kappa shape index (κ1) is 74.9. The van der Waals surface area contributed by atoms with Gasteiger partial charge in [0.1, 0.15) is 18.8 Å². The topological polar surface area (TPSA) is 175 Å². The number of rotatable bonds is 55. The smallest absolute Gasteiger partial charge is 0.335 e. The van der Waals surface area contributed by atoms with Crippen LogP contribution in [0.3, 0.4) is 0 Å². The number of allylic oxidation sites excluding steroid dienone is 14. The molecule has 0 saturated carbocycles. The molecule has 0 aromatic carbocycles. The van der Waals surface area contributed by atoms with Crippen LogP contribution in [0.1, 0.15) is 278 Å². The van der Waals surface area contributed by atoms with Gasteiger partial charge in [-0.15, -0.1) is 0 Å². The third-order valence-corrected chi connectivity index (χ3v) is 14.4. The van der Waals surface area contributed by atoms with Crippen LogP contribution >= 0.6 is 0 Å². The minimum atomic E-state index is -1.91. The molecule has 1 aliphatic rings. The number of ether oxygens (including phenoxy) is 5. The Bertz CT molecular complexity index is 1730. The Morgan fingerprint density at radius 2 is 0.790 bits per heavy atom. The van der Waals surface area contributed by atoms with Crippen LogP contribution < -0.4 is 0 Å². The van der Waals surface area contributed by atoms with Gasteiger partial charge in [0.2, 0.25) is 0 Å². The van der Waals surface area contributed by atoms with Crippen molar-refractivity contribution in [2.75, 3.05) is 13.2 Å². The highest BCUT2D eigenvalue weighted by atomic mass is 16.7. The molecule has 12 nitrogen and oxygen atoms in total. The predicted molar refractivity (Wildman–Crippen MR) is 331 cm³/mol. The van der Waals surface area contributed by atoms with E-state index in [9.17, 15) is 34.5 Å². The summed E-state index contributed by atoms with van der Waals surface area (Å²) in [6.07, 6.45) is 61.2. The first-order chi connectivity index (χ1) is 39.6. The number of carbonyl (C=O) groups is 4. The van der Waals surface area contributed by atoms with Crippen molar-refractivity contribution in [3.05, 3.63) is 85.1 Å². The van der Waals surface area contributed by atoms with Crippen LogP contribution in [0.2, 0.25) is 0 Å². The summed E-state index contributed by atoms with van der Waals surface area (Å²) in [7, 11) is 0. The Balaban J connectivity index is 2.69. The second-order valence-corrected chi connectivity index (χ2v) is 22.0. The van der Waals surface area contributed by atoms with Gasteiger partial charge in [0, 0.05) is 19.3 Å². The molecule has 81 heavy (non-hydrogen) atoms. The summed E-state index contributed by atoms with van der Waals surface area (Å²) < 4.78 is 28.5. The van der Waals surface area contributed by atoms with Gasteiger partial charge < -0.3 is 39.0 Å². The molecule has 0 radical (unpaired) electrons. The van der Waals surface area contributed by atoms with Gasteiger partial charge in [-0.1, -0.05) is 234 Å². The van der Waals surface area contributed by atoms with Crippen molar-refractivity contribution in [2.24, 2.45) is 0 Å². The van der Waals surface area contributed by atoms with Crippen molar-refractivity contribution in [1.29, 1.82) is 0 Å². The lowest BCUT2D eigenvalue weighted by atomic mass is 9.98. The van der Waals surface area contributed by atoms with Crippen molar-refractivity contribution < 1.29 is 58.2 Å². The van der Waals surface area contributed by atoms with E-state index in [1.165, 1.54) is 109 Å². The van der Waals surface area contributed by atoms with Crippen LogP contribution in [0.5, 0.6) is 0 Å². The third-order valence-electron chi connectivity index (χ3n) is 14.4. The van der Waals surface area contributed by atoms with Gasteiger partial charge in [-0.2, -0.15) is 0 Å². The number of hydrogen-bond donors (Lipinski definition) is 3. The number of esters is 3. The SMILES string of the molecule is CC/C=C\C/C=C\C/C=C\C/C=C\C/C=C\CCCC(=O)OCC(COC1OC(C(=O)O)C(O)C(O)C1OC(=O)CCCCCCCCCCC/C=C\CCCCCCCC)OC(=O)CCCCCCC/C=C\CCCCCCCC. The van der Waals surface area contributed by atoms with Gasteiger partial charge >= 0.3 is 23.9 Å². The number of carbonyl (C=O) groups excluding carboxylic acids is 3. The van der Waals surface area contributed by atoms with E-state index in [1.54, 1.807) is 0 Å². The highest BCUT2D eigenvalue weighted by Gasteiger charge is 2.50. The van der Waals surface area contributed by atoms with Crippen LogP contribution in [0.4, 0.5) is 0 Å². The molecule has 0 bridgehead atoms. The lowest BCUT2D eigenvalue weighted by molar-refractivity contribution is -0.301. The molecule has 1 aliphatic heterocycles. The van der Waals surface area contributed by atoms with Gasteiger partial charge in [0.25, 0.3) is 0 Å². The predicted octanol–water partition coefficient (Wildman–Crippen LogP) is 17.5. The van der Waals surface area contributed by atoms with Gasteiger partial charge in [-0.25, -0.2) is 4.79 Å². The Hall–Kier alpha value is -4.10. The third kappa shape index (κ3) is 46.0. The van der Waals surface area contributed by atoms with Crippen LogP contribution in [0.25, 0.3) is 0 Å². The summed E-state index contributed by atoms with van der Waals surface area (Å²) in [5, 5.41) is 31.6. The van der Waals surface area contributed by atoms with E-state index in [1.807, 2.05) is 6.08 Å². The summed E-state index contributed by atoms with van der Waals surface area (Å²) in [5.74, 6) is -3.20. The Morgan fingerprint density at radius 1 is 0.420 bits per heavy atom. The molecule has 1 rings (SSSR count). The van der Waals surface area contributed by atoms with Crippen molar-refractivity contribution in [2.45, 2.75) is 314 Å². The Labute approximate surface area is 492 Å². The second kappa shape index (κ2) is 56.4. The average Bonchev–Trinajstić information content (AvgIpc) is 3.53. The number of aliphatic hydroxyl groups is 2. The first-order valence-electron chi connectivity index (χ1n) is 32.6. The maximum absolute atomic E-state index is 13.2. The van der Waals surface area contributed by atoms with E-state index in [-0.39, 0.29) is 25.9 Å². The molecule has 0 spiro atoms. The fourth-order valence-electron chi connectivity index (χ4n) is 9.45. The number of aliphatic hydroxyl groups excluding tert-OH is 2. The van der Waals surface area contributed by atoms with E-state index >= 15 is 0 Å². The van der Waals surface area contributed by atoms with Gasteiger partial charge in [0.15, 0.2) is 24.6 Å². The minimum absolute atomic E-state index is 0.0500. The second-order valence-electron chi connectivity index (χ2n) is 22.0. The standard InChI is InChI=1S/C69H116O12/c1-4-7-10-13-16-19-22-25-28-30-31-33-36-39-42-45-48-51-54-57-63(72)80-67-65(74)64(73)66(68(75)76)81-69(67)78-59-60(79-62(71)56-53-50-47-44-41-38-34-27-24-21-18-15-12-9-6-3)58-77-61(70)55-52-49-46-43-40-37-35-32-29-26-23-20-17-14-11-8-5-2/h8,11,17,20,25-29,34-35,37,43,46,60,64-67,69,73-74H,4-7,9-10,12-16,18-19,21-24,30-33,36,38-42,44-45,47-59H2,1-3H3,(H,75,76)/b11-8-,20-17-,28-25-,29-26-,34-27-,37-35-,46-43-. The highest BCUT2D eigenvalue weighted by molar-refractivity contribution is 5.74. The van der Waals surface area contributed by atoms with Crippen molar-refractivity contribution >= 4 is 23.9 Å². The van der Waals surface area contributed by atoms with E-state index < -0.39 is 67.3 Å². The zero-order valence-corrected chi connectivity index (χ0v) is 51.3. The summed E-state index contributed by atoms with van der Waals surface area (Å²) in [5.41, 5.74) is 0. The fourth-order valence-corrected chi connectivity index (χ4v) is 9.45.